The Bertz CT molecular complexity index is 1390. The van der Waals surface area contributed by atoms with Crippen LogP contribution in [0, 0.1) is 5.82 Å². The quantitative estimate of drug-likeness (QED) is 0.306. The first-order valence-corrected chi connectivity index (χ1v) is 10.2. The van der Waals surface area contributed by atoms with Crippen LogP contribution in [0.1, 0.15) is 12.0 Å². The molecule has 0 aliphatic heterocycles. The molecule has 12 heteroatoms. The van der Waals surface area contributed by atoms with Crippen LogP contribution in [0.3, 0.4) is 0 Å². The Kier molecular flexibility index (Phi) is 6.71. The molecule has 178 valence electrons. The summed E-state index contributed by atoms with van der Waals surface area (Å²) in [6.07, 6.45) is 5.46. The van der Waals surface area contributed by atoms with Gasteiger partial charge in [0.1, 0.15) is 11.6 Å². The van der Waals surface area contributed by atoms with Gasteiger partial charge in [0.05, 0.1) is 17.6 Å². The maximum atomic E-state index is 14.7. The molecule has 9 nitrogen and oxygen atoms in total. The van der Waals surface area contributed by atoms with E-state index in [-0.39, 0.29) is 23.0 Å². The van der Waals surface area contributed by atoms with E-state index >= 15 is 0 Å². The molecule has 0 bridgehead atoms. The van der Waals surface area contributed by atoms with E-state index in [1.165, 1.54) is 30.6 Å². The van der Waals surface area contributed by atoms with Crippen LogP contribution < -0.4 is 16.0 Å². The van der Waals surface area contributed by atoms with Crippen molar-refractivity contribution in [2.24, 2.45) is 7.05 Å². The van der Waals surface area contributed by atoms with Gasteiger partial charge in [0.25, 0.3) is 6.43 Å². The molecule has 0 spiro atoms. The zero-order valence-corrected chi connectivity index (χ0v) is 18.3. The number of aryl methyl sites for hydroxylation is 1. The Morgan fingerprint density at radius 1 is 1.11 bits per heavy atom. The normalized spacial score (nSPS) is 10.8. The van der Waals surface area contributed by atoms with E-state index in [2.05, 4.69) is 42.6 Å². The number of pyridine rings is 1. The van der Waals surface area contributed by atoms with Crippen molar-refractivity contribution in [3.05, 3.63) is 79.3 Å². The predicted molar refractivity (Wildman–Crippen MR) is 125 cm³/mol. The van der Waals surface area contributed by atoms with Gasteiger partial charge in [-0.1, -0.05) is 6.58 Å². The molecule has 4 aromatic rings. The molecule has 3 heterocycles. The van der Waals surface area contributed by atoms with Crippen molar-refractivity contribution >= 4 is 34.7 Å². The van der Waals surface area contributed by atoms with Crippen molar-refractivity contribution < 1.29 is 18.0 Å². The molecule has 0 aliphatic carbocycles. The molecule has 0 fully saturated rings. The number of nitrogens with one attached hydrogen (secondary N) is 3. The summed E-state index contributed by atoms with van der Waals surface area (Å²) in [6.45, 7) is 3.38. The fourth-order valence-electron chi connectivity index (χ4n) is 3.11. The fraction of sp³-hybridized carbons (Fsp3) is 0.0870. The van der Waals surface area contributed by atoms with Crippen molar-refractivity contribution in [3.63, 3.8) is 0 Å². The third-order valence-corrected chi connectivity index (χ3v) is 4.74. The van der Waals surface area contributed by atoms with E-state index in [4.69, 9.17) is 0 Å². The Morgan fingerprint density at radius 3 is 2.66 bits per heavy atom. The van der Waals surface area contributed by atoms with E-state index in [0.29, 0.717) is 22.5 Å². The second-order valence-electron chi connectivity index (χ2n) is 7.30. The molecule has 0 radical (unpaired) electrons. The predicted octanol–water partition coefficient (Wildman–Crippen LogP) is 4.96. The topological polar surface area (TPSA) is 110 Å². The van der Waals surface area contributed by atoms with Crippen LogP contribution in [0.15, 0.2) is 67.9 Å². The lowest BCUT2D eigenvalue weighted by molar-refractivity contribution is -0.111. The Hall–Kier alpha value is -4.74. The van der Waals surface area contributed by atoms with Gasteiger partial charge in [-0.2, -0.15) is 10.1 Å². The fourth-order valence-corrected chi connectivity index (χ4v) is 3.11. The smallest absolute Gasteiger partial charge is 0.265 e. The summed E-state index contributed by atoms with van der Waals surface area (Å²) in [7, 11) is 1.74. The van der Waals surface area contributed by atoms with Crippen LogP contribution in [-0.2, 0) is 11.8 Å². The zero-order valence-electron chi connectivity index (χ0n) is 18.3. The van der Waals surface area contributed by atoms with Gasteiger partial charge >= 0.3 is 0 Å². The van der Waals surface area contributed by atoms with Crippen LogP contribution in [0.5, 0.6) is 0 Å². The summed E-state index contributed by atoms with van der Waals surface area (Å²) < 4.78 is 42.7. The van der Waals surface area contributed by atoms with Gasteiger partial charge in [0.15, 0.2) is 0 Å². The zero-order chi connectivity index (χ0) is 24.9. The maximum absolute atomic E-state index is 14.7. The standard InChI is InChI=1S/C23H19F3N8O/c1-3-20(35)30-15-4-5-18(24)19(7-15)32-22-17(13-6-14(21(25)26)9-27-8-13)11-28-23(33-22)31-16-10-29-34(2)12-16/h3-12,21H,1H2,2H3,(H,30,35)(H2,28,31,32,33). The Balaban J connectivity index is 1.76. The molecular formula is C23H19F3N8O. The summed E-state index contributed by atoms with van der Waals surface area (Å²) in [5.41, 5.74) is 1.22. The number of amides is 1. The summed E-state index contributed by atoms with van der Waals surface area (Å²) >= 11 is 0. The van der Waals surface area contributed by atoms with Crippen LogP contribution in [0.25, 0.3) is 11.1 Å². The monoisotopic (exact) mass is 480 g/mol. The first-order chi connectivity index (χ1) is 16.8. The molecular weight excluding hydrogens is 461 g/mol. The van der Waals surface area contributed by atoms with E-state index in [0.717, 1.165) is 18.3 Å². The third-order valence-electron chi connectivity index (χ3n) is 4.74. The van der Waals surface area contributed by atoms with Crippen LogP contribution in [0.4, 0.5) is 42.0 Å². The van der Waals surface area contributed by atoms with Gasteiger partial charge in [-0.05, 0) is 30.3 Å². The minimum Gasteiger partial charge on any atom is -0.337 e. The molecule has 0 unspecified atom stereocenters. The van der Waals surface area contributed by atoms with Gasteiger partial charge in [-0.25, -0.2) is 18.2 Å². The largest absolute Gasteiger partial charge is 0.337 e. The van der Waals surface area contributed by atoms with Gasteiger partial charge in [-0.15, -0.1) is 0 Å². The molecule has 0 aliphatic rings. The summed E-state index contributed by atoms with van der Waals surface area (Å²) in [5.74, 6) is -0.833. The number of carbonyl (C=O) groups is 1. The molecule has 0 saturated heterocycles. The van der Waals surface area contributed by atoms with Gasteiger partial charge in [-0.3, -0.25) is 14.5 Å². The summed E-state index contributed by atoms with van der Waals surface area (Å²) in [6, 6.07) is 5.17. The SMILES string of the molecule is C=CC(=O)Nc1ccc(F)c(Nc2nc(Nc3cnn(C)c3)ncc2-c2cncc(C(F)F)c2)c1. The van der Waals surface area contributed by atoms with E-state index in [1.54, 1.807) is 24.1 Å². The lowest BCUT2D eigenvalue weighted by Crippen LogP contribution is -2.08. The van der Waals surface area contributed by atoms with Crippen molar-refractivity contribution in [2.75, 3.05) is 16.0 Å². The average molecular weight is 480 g/mol. The van der Waals surface area contributed by atoms with E-state index in [9.17, 15) is 18.0 Å². The Labute approximate surface area is 197 Å². The molecule has 4 rings (SSSR count). The molecule has 35 heavy (non-hydrogen) atoms. The maximum Gasteiger partial charge on any atom is 0.265 e. The number of alkyl halides is 2. The van der Waals surface area contributed by atoms with Crippen LogP contribution in [-0.4, -0.2) is 30.6 Å². The summed E-state index contributed by atoms with van der Waals surface area (Å²) in [4.78, 5) is 24.2. The number of nitrogens with zero attached hydrogens (tertiary/aromatic N) is 5. The lowest BCUT2D eigenvalue weighted by atomic mass is 10.1. The number of benzene rings is 1. The molecule has 0 atom stereocenters. The van der Waals surface area contributed by atoms with Gasteiger partial charge in [0, 0.05) is 54.2 Å². The Morgan fingerprint density at radius 2 is 1.94 bits per heavy atom. The minimum atomic E-state index is -2.73. The van der Waals surface area contributed by atoms with E-state index in [1.807, 2.05) is 0 Å². The number of aromatic nitrogens is 5. The number of hydrogen-bond acceptors (Lipinski definition) is 7. The highest BCUT2D eigenvalue weighted by Gasteiger charge is 2.16. The molecule has 0 saturated carbocycles. The second kappa shape index (κ2) is 10.0. The van der Waals surface area contributed by atoms with Crippen molar-refractivity contribution in [1.82, 2.24) is 24.7 Å². The number of halogens is 3. The first-order valence-electron chi connectivity index (χ1n) is 10.2. The first kappa shape index (κ1) is 23.4. The molecule has 1 amide bonds. The van der Waals surface area contributed by atoms with Crippen LogP contribution >= 0.6 is 0 Å². The molecule has 1 aromatic carbocycles. The van der Waals surface area contributed by atoms with Crippen molar-refractivity contribution in [2.45, 2.75) is 6.43 Å². The van der Waals surface area contributed by atoms with Crippen molar-refractivity contribution in [1.29, 1.82) is 0 Å². The highest BCUT2D eigenvalue weighted by Crippen LogP contribution is 2.33. The van der Waals surface area contributed by atoms with E-state index < -0.39 is 18.1 Å². The number of hydrogen-bond donors (Lipinski definition) is 3. The molecule has 3 N–H and O–H groups in total. The third kappa shape index (κ3) is 5.61. The highest BCUT2D eigenvalue weighted by molar-refractivity contribution is 5.99. The highest BCUT2D eigenvalue weighted by atomic mass is 19.3. The second-order valence-corrected chi connectivity index (χ2v) is 7.30. The van der Waals surface area contributed by atoms with Crippen molar-refractivity contribution in [3.8, 4) is 11.1 Å². The average Bonchev–Trinajstić information content (AvgIpc) is 3.25. The van der Waals surface area contributed by atoms with Gasteiger partial charge in [0.2, 0.25) is 11.9 Å². The van der Waals surface area contributed by atoms with Crippen LogP contribution in [0.2, 0.25) is 0 Å². The number of carbonyl (C=O) groups excluding carboxylic acids is 1. The summed E-state index contributed by atoms with van der Waals surface area (Å²) in [5, 5.41) is 12.5. The number of anilines is 5. The number of rotatable bonds is 8. The molecule has 3 aromatic heterocycles. The minimum absolute atomic E-state index is 0.0166. The lowest BCUT2D eigenvalue weighted by Gasteiger charge is -2.15. The van der Waals surface area contributed by atoms with Gasteiger partial charge < -0.3 is 16.0 Å².